The van der Waals surface area contributed by atoms with E-state index < -0.39 is 5.69 Å². The minimum absolute atomic E-state index is 0.126. The molecule has 0 aliphatic carbocycles. The fraction of sp³-hybridized carbons (Fsp3) is 0.208. The lowest BCUT2D eigenvalue weighted by Gasteiger charge is -2.17. The Morgan fingerprint density at radius 3 is 1.50 bits per heavy atom. The van der Waals surface area contributed by atoms with E-state index in [1.807, 2.05) is 54.6 Å². The topological polar surface area (TPSA) is 138 Å². The Labute approximate surface area is 371 Å². The van der Waals surface area contributed by atoms with E-state index >= 15 is 0 Å². The molecule has 0 aliphatic rings. The van der Waals surface area contributed by atoms with E-state index in [4.69, 9.17) is 20.6 Å². The summed E-state index contributed by atoms with van der Waals surface area (Å²) in [5.41, 5.74) is 7.10. The number of benzene rings is 6. The molecule has 64 heavy (non-hydrogen) atoms. The molecule has 11 heteroatoms. The molecule has 6 aromatic carbocycles. The van der Waals surface area contributed by atoms with Crippen molar-refractivity contribution in [3.8, 4) is 63.6 Å². The molecule has 0 bridgehead atoms. The number of phenols is 2. The number of aromatic nitrogens is 4. The molecular weight excluding hydrogens is 805 g/mol. The zero-order chi connectivity index (χ0) is 45.5. The summed E-state index contributed by atoms with van der Waals surface area (Å²) in [7, 11) is 3.13. The molecule has 0 fully saturated rings. The Bertz CT molecular complexity index is 3110. The van der Waals surface area contributed by atoms with E-state index in [0.29, 0.717) is 62.6 Å². The van der Waals surface area contributed by atoms with Gasteiger partial charge in [-0.25, -0.2) is 9.59 Å². The van der Waals surface area contributed by atoms with Crippen LogP contribution in [0.25, 0.3) is 44.3 Å². The van der Waals surface area contributed by atoms with E-state index in [1.54, 1.807) is 71.9 Å². The van der Waals surface area contributed by atoms with Crippen LogP contribution in [0.15, 0.2) is 137 Å². The van der Waals surface area contributed by atoms with Crippen LogP contribution in [-0.4, -0.2) is 50.1 Å². The Kier molecular flexibility index (Phi) is 13.5. The molecular formula is C53H50N4O7. The van der Waals surface area contributed by atoms with Crippen LogP contribution in [0.1, 0.15) is 61.8 Å². The van der Waals surface area contributed by atoms with E-state index in [9.17, 15) is 19.8 Å². The number of para-hydroxylation sites is 2. The van der Waals surface area contributed by atoms with Gasteiger partial charge in [-0.05, 0) is 59.4 Å². The van der Waals surface area contributed by atoms with Crippen molar-refractivity contribution in [2.75, 3.05) is 20.8 Å². The highest BCUT2D eigenvalue weighted by molar-refractivity contribution is 5.95. The van der Waals surface area contributed by atoms with Gasteiger partial charge in [0, 0.05) is 39.1 Å². The largest absolute Gasteiger partial charge is 0.508 e. The summed E-state index contributed by atoms with van der Waals surface area (Å²) in [6, 6.07) is 39.2. The van der Waals surface area contributed by atoms with Gasteiger partial charge in [-0.15, -0.1) is 6.42 Å². The second kappa shape index (κ2) is 19.5. The van der Waals surface area contributed by atoms with E-state index in [0.717, 1.165) is 21.9 Å². The SMILES string of the molecule is C#CCOc1ccc2c(c1)c(-c1ccc(C(C)C)cc1)nc(=O)n2Cc1ccccc1O.COc1cc2c(-c3ccc(C(C)C)cc3)nc(=O)n(Cc3ccccc3O)c2cc1OC. The number of rotatable bonds is 12. The van der Waals surface area contributed by atoms with Crippen LogP contribution in [0.2, 0.25) is 0 Å². The summed E-state index contributed by atoms with van der Waals surface area (Å²) in [6.45, 7) is 9.08. The van der Waals surface area contributed by atoms with Gasteiger partial charge in [0.05, 0.1) is 49.7 Å². The Morgan fingerprint density at radius 2 is 1.05 bits per heavy atom. The maximum absolute atomic E-state index is 13.2. The molecule has 8 aromatic rings. The van der Waals surface area contributed by atoms with Crippen molar-refractivity contribution in [3.05, 3.63) is 171 Å². The monoisotopic (exact) mass is 854 g/mol. The molecule has 11 nitrogen and oxygen atoms in total. The van der Waals surface area contributed by atoms with E-state index in [-0.39, 0.29) is 36.9 Å². The summed E-state index contributed by atoms with van der Waals surface area (Å²) in [5.74, 6) is 5.20. The molecule has 2 aromatic heterocycles. The molecule has 0 saturated carbocycles. The Morgan fingerprint density at radius 1 is 0.594 bits per heavy atom. The molecule has 2 heterocycles. The predicted molar refractivity (Wildman–Crippen MR) is 253 cm³/mol. The highest BCUT2D eigenvalue weighted by atomic mass is 16.5. The fourth-order valence-corrected chi connectivity index (χ4v) is 7.50. The second-order valence-corrected chi connectivity index (χ2v) is 15.9. The van der Waals surface area contributed by atoms with Gasteiger partial charge in [-0.1, -0.05) is 119 Å². The minimum atomic E-state index is -0.407. The number of phenolic OH excluding ortho intramolecular Hbond substituents is 2. The average Bonchev–Trinajstić information content (AvgIpc) is 3.30. The lowest BCUT2D eigenvalue weighted by Crippen LogP contribution is -2.24. The van der Waals surface area contributed by atoms with Crippen LogP contribution < -0.4 is 25.6 Å². The van der Waals surface area contributed by atoms with E-state index in [1.165, 1.54) is 11.1 Å². The van der Waals surface area contributed by atoms with Crippen molar-refractivity contribution in [2.45, 2.75) is 52.6 Å². The average molecular weight is 855 g/mol. The van der Waals surface area contributed by atoms with Gasteiger partial charge in [-0.2, -0.15) is 9.97 Å². The Balaban J connectivity index is 0.000000191. The van der Waals surface area contributed by atoms with Gasteiger partial charge < -0.3 is 24.4 Å². The first-order valence-corrected chi connectivity index (χ1v) is 20.9. The number of ether oxygens (including phenoxy) is 3. The number of fused-ring (bicyclic) bond motifs is 2. The Hall–Kier alpha value is -7.84. The number of nitrogens with zero attached hydrogens (tertiary/aromatic N) is 4. The first kappa shape index (κ1) is 44.2. The molecule has 0 amide bonds. The van der Waals surface area contributed by atoms with Crippen LogP contribution in [-0.2, 0) is 13.1 Å². The third-order valence-electron chi connectivity index (χ3n) is 11.1. The molecule has 2 N–H and O–H groups in total. The predicted octanol–water partition coefficient (Wildman–Crippen LogP) is 9.91. The van der Waals surface area contributed by atoms with Crippen molar-refractivity contribution >= 4 is 21.8 Å². The summed E-state index contributed by atoms with van der Waals surface area (Å²) >= 11 is 0. The zero-order valence-corrected chi connectivity index (χ0v) is 36.7. The van der Waals surface area contributed by atoms with Crippen LogP contribution in [0.4, 0.5) is 0 Å². The highest BCUT2D eigenvalue weighted by Gasteiger charge is 2.19. The summed E-state index contributed by atoms with van der Waals surface area (Å²) < 4.78 is 19.7. The smallest absolute Gasteiger partial charge is 0.348 e. The first-order valence-electron chi connectivity index (χ1n) is 20.9. The van der Waals surface area contributed by atoms with Crippen LogP contribution >= 0.6 is 0 Å². The van der Waals surface area contributed by atoms with E-state index in [2.05, 4.69) is 67.8 Å². The molecule has 0 atom stereocenters. The lowest BCUT2D eigenvalue weighted by molar-refractivity contribution is 0.355. The quantitative estimate of drug-likeness (QED) is 0.115. The standard InChI is InChI=1S/C27H24N2O3.C26H26N2O4/c1-4-15-32-22-13-14-24-23(16-22)26(20-11-9-19(10-12-20)18(2)3)28-27(31)29(24)17-21-7-5-6-8-25(21)30;1-16(2)17-9-11-18(12-10-17)25-20-13-23(31-3)24(32-4)14-21(20)28(26(30)27-25)15-19-7-5-6-8-22(19)29/h1,5-14,16,18,30H,15,17H2,2-3H3;5-14,16,29H,15H2,1-4H3. The van der Waals surface area contributed by atoms with Crippen molar-refractivity contribution < 1.29 is 24.4 Å². The number of methoxy groups -OCH3 is 2. The van der Waals surface area contributed by atoms with Crippen LogP contribution in [0, 0.1) is 12.3 Å². The lowest BCUT2D eigenvalue weighted by atomic mass is 9.99. The van der Waals surface area contributed by atoms with Gasteiger partial charge in [-0.3, -0.25) is 9.13 Å². The summed E-state index contributed by atoms with van der Waals surface area (Å²) in [6.07, 6.45) is 5.34. The molecule has 0 aliphatic heterocycles. The molecule has 8 rings (SSSR count). The van der Waals surface area contributed by atoms with Gasteiger partial charge in [0.2, 0.25) is 0 Å². The maximum atomic E-state index is 13.2. The first-order chi connectivity index (χ1) is 30.9. The number of hydrogen-bond acceptors (Lipinski definition) is 9. The van der Waals surface area contributed by atoms with Gasteiger partial charge in [0.15, 0.2) is 11.5 Å². The highest BCUT2D eigenvalue weighted by Crippen LogP contribution is 2.37. The van der Waals surface area contributed by atoms with Crippen molar-refractivity contribution in [3.63, 3.8) is 0 Å². The molecule has 0 saturated heterocycles. The summed E-state index contributed by atoms with van der Waals surface area (Å²) in [4.78, 5) is 35.1. The molecule has 0 spiro atoms. The molecule has 0 radical (unpaired) electrons. The van der Waals surface area contributed by atoms with Crippen LogP contribution in [0.5, 0.6) is 28.7 Å². The number of terminal acetylenes is 1. The van der Waals surface area contributed by atoms with Gasteiger partial charge in [0.1, 0.15) is 23.9 Å². The minimum Gasteiger partial charge on any atom is -0.508 e. The fourth-order valence-electron chi connectivity index (χ4n) is 7.50. The maximum Gasteiger partial charge on any atom is 0.348 e. The van der Waals surface area contributed by atoms with Crippen molar-refractivity contribution in [1.29, 1.82) is 0 Å². The molecule has 324 valence electrons. The number of hydrogen-bond donors (Lipinski definition) is 2. The van der Waals surface area contributed by atoms with Crippen LogP contribution in [0.3, 0.4) is 0 Å². The van der Waals surface area contributed by atoms with Crippen molar-refractivity contribution in [2.24, 2.45) is 0 Å². The third-order valence-corrected chi connectivity index (χ3v) is 11.1. The normalized spacial score (nSPS) is 11.0. The third kappa shape index (κ3) is 9.47. The van der Waals surface area contributed by atoms with Gasteiger partial charge >= 0.3 is 11.4 Å². The zero-order valence-electron chi connectivity index (χ0n) is 36.7. The van der Waals surface area contributed by atoms with Crippen molar-refractivity contribution in [1.82, 2.24) is 19.1 Å². The molecule has 0 unspecified atom stereocenters. The van der Waals surface area contributed by atoms with Gasteiger partial charge in [0.25, 0.3) is 0 Å². The summed E-state index contributed by atoms with van der Waals surface area (Å²) in [5, 5.41) is 22.0. The number of aromatic hydroxyl groups is 2. The second-order valence-electron chi connectivity index (χ2n) is 15.9.